The van der Waals surface area contributed by atoms with Crippen LogP contribution in [0.2, 0.25) is 0 Å². The summed E-state index contributed by atoms with van der Waals surface area (Å²) in [5, 5.41) is 7.55. The number of halogens is 1. The van der Waals surface area contributed by atoms with Gasteiger partial charge in [0, 0.05) is 0 Å². The van der Waals surface area contributed by atoms with E-state index in [4.69, 9.17) is 15.3 Å². The summed E-state index contributed by atoms with van der Waals surface area (Å²) in [7, 11) is 4.95. The molecular formula is CClGeN. The van der Waals surface area contributed by atoms with E-state index in [1.807, 2.05) is 4.90 Å². The van der Waals surface area contributed by atoms with Crippen LogP contribution in [0.25, 0.3) is 0 Å². The molecule has 0 atom stereocenters. The van der Waals surface area contributed by atoms with Gasteiger partial charge >= 0.3 is 34.7 Å². The molecule has 0 aliphatic carbocycles. The summed E-state index contributed by atoms with van der Waals surface area (Å²) in [4.78, 5) is 1.82. The average molecular weight is 134 g/mol. The number of nitriles is 1. The van der Waals surface area contributed by atoms with Crippen LogP contribution in [0.4, 0.5) is 0 Å². The third kappa shape index (κ3) is 2.32. The van der Waals surface area contributed by atoms with E-state index >= 15 is 0 Å². The topological polar surface area (TPSA) is 23.8 Å². The first-order chi connectivity index (χ1) is 1.91. The molecule has 20 valence electrons. The van der Waals surface area contributed by atoms with Crippen molar-refractivity contribution in [3.63, 3.8) is 0 Å². The van der Waals surface area contributed by atoms with Gasteiger partial charge in [-0.2, -0.15) is 0 Å². The molecule has 0 bridgehead atoms. The number of nitrogens with zero attached hydrogens (tertiary/aromatic N) is 1. The first-order valence-electron chi connectivity index (χ1n) is 0.663. The van der Waals surface area contributed by atoms with Gasteiger partial charge in [0.15, 0.2) is 0 Å². The van der Waals surface area contributed by atoms with Crippen LogP contribution in [-0.2, 0) is 0 Å². The zero-order chi connectivity index (χ0) is 3.41. The van der Waals surface area contributed by atoms with E-state index in [2.05, 4.69) is 0 Å². The molecule has 0 unspecified atom stereocenters. The fourth-order valence-electron chi connectivity index (χ4n) is 0. The zero-order valence-electron chi connectivity index (χ0n) is 1.83. The molecule has 0 amide bonds. The van der Waals surface area contributed by atoms with Gasteiger partial charge in [-0.05, 0) is 0 Å². The molecule has 0 aromatic heterocycles. The molecule has 0 spiro atoms. The molecule has 0 aromatic carbocycles. The van der Waals surface area contributed by atoms with Crippen LogP contribution < -0.4 is 0 Å². The van der Waals surface area contributed by atoms with Gasteiger partial charge in [-0.25, -0.2) is 0 Å². The Balaban J connectivity index is 2.43. The molecule has 0 saturated heterocycles. The molecule has 0 aromatic rings. The van der Waals surface area contributed by atoms with E-state index in [-0.39, 0.29) is 0 Å². The molecule has 0 aliphatic heterocycles. The van der Waals surface area contributed by atoms with Crippen molar-refractivity contribution in [2.45, 2.75) is 0 Å². The van der Waals surface area contributed by atoms with Crippen molar-refractivity contribution in [2.75, 3.05) is 0 Å². The van der Waals surface area contributed by atoms with Gasteiger partial charge < -0.3 is 0 Å². The summed E-state index contributed by atoms with van der Waals surface area (Å²) < 4.78 is 0. The minimum atomic E-state index is -0.708. The van der Waals surface area contributed by atoms with E-state index in [9.17, 15) is 0 Å². The SMILES string of the molecule is N#[C][Ge][Cl]. The van der Waals surface area contributed by atoms with Crippen molar-refractivity contribution in [3.05, 3.63) is 0 Å². The second-order valence-electron chi connectivity index (χ2n) is 0.206. The van der Waals surface area contributed by atoms with E-state index in [0.29, 0.717) is 0 Å². The van der Waals surface area contributed by atoms with E-state index in [1.54, 1.807) is 0 Å². The second kappa shape index (κ2) is 3.32. The summed E-state index contributed by atoms with van der Waals surface area (Å²) in [6.07, 6.45) is 0. The summed E-state index contributed by atoms with van der Waals surface area (Å²) >= 11 is -0.708. The molecule has 0 rings (SSSR count). The van der Waals surface area contributed by atoms with Crippen LogP contribution in [0.5, 0.6) is 0 Å². The van der Waals surface area contributed by atoms with E-state index < -0.39 is 14.5 Å². The number of hydrogen-bond acceptors (Lipinski definition) is 1. The Kier molecular flexibility index (Phi) is 3.59. The summed E-state index contributed by atoms with van der Waals surface area (Å²) in [6.45, 7) is 0. The molecule has 2 radical (unpaired) electrons. The van der Waals surface area contributed by atoms with Gasteiger partial charge in [0.2, 0.25) is 0 Å². The number of rotatable bonds is 0. The average Bonchev–Trinajstić information content (AvgIpc) is 1.37. The van der Waals surface area contributed by atoms with E-state index in [1.165, 1.54) is 0 Å². The Morgan fingerprint density at radius 1 is 2.00 bits per heavy atom. The van der Waals surface area contributed by atoms with Crippen LogP contribution in [0.3, 0.4) is 0 Å². The quantitative estimate of drug-likeness (QED) is 0.438. The Hall–Kier alpha value is 0.323. The van der Waals surface area contributed by atoms with Gasteiger partial charge in [-0.1, -0.05) is 0 Å². The maximum atomic E-state index is 7.55. The standard InChI is InChI=1S/CClGeN/c2-3-1-4. The summed E-state index contributed by atoms with van der Waals surface area (Å²) in [5.74, 6) is 0. The molecule has 0 aliphatic rings. The molecule has 1 nitrogen and oxygen atoms in total. The van der Waals surface area contributed by atoms with Crippen LogP contribution in [0.15, 0.2) is 0 Å². The maximum absolute atomic E-state index is 7.55. The predicted molar refractivity (Wildman–Crippen MR) is 17.2 cm³/mol. The number of hydrogen-bond donors (Lipinski definition) is 0. The zero-order valence-corrected chi connectivity index (χ0v) is 4.68. The predicted octanol–water partition coefficient (Wildman–Crippen LogP) is 0.325. The van der Waals surface area contributed by atoms with Crippen molar-refractivity contribution in [2.24, 2.45) is 0 Å². The van der Waals surface area contributed by atoms with Gasteiger partial charge in [0.05, 0.1) is 0 Å². The van der Waals surface area contributed by atoms with Gasteiger partial charge in [0.1, 0.15) is 0 Å². The fourth-order valence-corrected chi connectivity index (χ4v) is 0. The third-order valence-corrected chi connectivity index (χ3v) is 0.659. The first kappa shape index (κ1) is 4.32. The van der Waals surface area contributed by atoms with Crippen LogP contribution in [0, 0.1) is 10.2 Å². The second-order valence-corrected chi connectivity index (χ2v) is 2.05. The third-order valence-electron chi connectivity index (χ3n) is 0.0423. The van der Waals surface area contributed by atoms with Crippen molar-refractivity contribution in [1.29, 1.82) is 5.26 Å². The van der Waals surface area contributed by atoms with Gasteiger partial charge in [-0.15, -0.1) is 0 Å². The Bertz CT molecular complexity index is 37.8. The monoisotopic (exact) mass is 135 g/mol. The van der Waals surface area contributed by atoms with Gasteiger partial charge in [-0.3, -0.25) is 0 Å². The summed E-state index contributed by atoms with van der Waals surface area (Å²) in [6, 6.07) is 0. The van der Waals surface area contributed by atoms with Crippen molar-refractivity contribution in [1.82, 2.24) is 0 Å². The Labute approximate surface area is 35.2 Å². The van der Waals surface area contributed by atoms with Crippen molar-refractivity contribution in [3.8, 4) is 4.90 Å². The Morgan fingerprint density at radius 2 is 2.25 bits per heavy atom. The van der Waals surface area contributed by atoms with Crippen molar-refractivity contribution >= 4 is 24.5 Å². The minimum absolute atomic E-state index is 0.708. The molecule has 0 heterocycles. The Morgan fingerprint density at radius 3 is 2.25 bits per heavy atom. The van der Waals surface area contributed by atoms with Crippen LogP contribution in [-0.4, -0.2) is 14.5 Å². The summed E-state index contributed by atoms with van der Waals surface area (Å²) in [5.41, 5.74) is 0. The molecule has 0 fully saturated rings. The molecule has 3 heteroatoms. The fraction of sp³-hybridized carbons (Fsp3) is 0. The molecule has 0 saturated carbocycles. The van der Waals surface area contributed by atoms with E-state index in [0.717, 1.165) is 0 Å². The normalized spacial score (nSPS) is 5.00. The van der Waals surface area contributed by atoms with Crippen LogP contribution in [0.1, 0.15) is 0 Å². The first-order valence-corrected chi connectivity index (χ1v) is 4.47. The molecular weight excluding hydrogens is 134 g/mol. The van der Waals surface area contributed by atoms with Gasteiger partial charge in [0.25, 0.3) is 0 Å². The molecule has 4 heavy (non-hydrogen) atoms. The van der Waals surface area contributed by atoms with Crippen LogP contribution >= 0.6 is 10.0 Å². The van der Waals surface area contributed by atoms with Crippen molar-refractivity contribution < 1.29 is 0 Å². The molecule has 0 N–H and O–H groups in total.